The molecule has 0 amide bonds. The lowest BCUT2D eigenvalue weighted by atomic mass is 9.89. The molecule has 0 spiro atoms. The van der Waals surface area contributed by atoms with Crippen molar-refractivity contribution in [1.29, 1.82) is 0 Å². The van der Waals surface area contributed by atoms with E-state index in [1.807, 2.05) is 13.8 Å². The maximum absolute atomic E-state index is 13.0. The molecule has 0 aliphatic heterocycles. The predicted molar refractivity (Wildman–Crippen MR) is 170 cm³/mol. The van der Waals surface area contributed by atoms with Crippen LogP contribution in [0.15, 0.2) is 85.0 Å². The van der Waals surface area contributed by atoms with Crippen LogP contribution in [-0.2, 0) is 14.3 Å². The standard InChI is InChI=1S/C36H52O5/c1-4-7-8-9-10-11-12-13-14-15-16-17-18-19-20-21-22-25-31-41-36(5-2,6-3)34(38)29-26-30-40-35(39)32-27-23-24-28-33(32)37/h7-8,10-11,13-14,16-17,19-20,23-24,27-28,37H,4-6,9,12,15,18,21-22,25-26,29-31H2,1-3H3/b8-7-,11-10-,14-13-,17-16-,20-19-. The van der Waals surface area contributed by atoms with Crippen LogP contribution in [0.2, 0.25) is 0 Å². The molecule has 1 rings (SSSR count). The van der Waals surface area contributed by atoms with Gasteiger partial charge in [-0.25, -0.2) is 4.79 Å². The van der Waals surface area contributed by atoms with Crippen LogP contribution >= 0.6 is 0 Å². The van der Waals surface area contributed by atoms with Crippen LogP contribution in [0.5, 0.6) is 5.75 Å². The first-order valence-corrected chi connectivity index (χ1v) is 15.4. The highest BCUT2D eigenvalue weighted by molar-refractivity contribution is 5.92. The minimum absolute atomic E-state index is 0.0546. The molecule has 0 bridgehead atoms. The topological polar surface area (TPSA) is 72.8 Å². The monoisotopic (exact) mass is 564 g/mol. The van der Waals surface area contributed by atoms with E-state index in [2.05, 4.69) is 67.7 Å². The third-order valence-corrected chi connectivity index (χ3v) is 6.86. The Bertz CT molecular complexity index is 995. The van der Waals surface area contributed by atoms with E-state index in [0.29, 0.717) is 25.9 Å². The van der Waals surface area contributed by atoms with Crippen molar-refractivity contribution in [1.82, 2.24) is 0 Å². The Labute approximate surface area is 248 Å². The molecule has 5 nitrogen and oxygen atoms in total. The highest BCUT2D eigenvalue weighted by Crippen LogP contribution is 2.25. The average molecular weight is 565 g/mol. The smallest absolute Gasteiger partial charge is 0.341 e. The summed E-state index contributed by atoms with van der Waals surface area (Å²) in [6.45, 7) is 6.79. The van der Waals surface area contributed by atoms with Gasteiger partial charge in [0.25, 0.3) is 0 Å². The number of ketones is 1. The van der Waals surface area contributed by atoms with Crippen LogP contribution in [0.25, 0.3) is 0 Å². The van der Waals surface area contributed by atoms with Crippen molar-refractivity contribution in [2.75, 3.05) is 13.2 Å². The van der Waals surface area contributed by atoms with E-state index in [4.69, 9.17) is 9.47 Å². The Kier molecular flexibility index (Phi) is 20.6. The number of hydrogen-bond acceptors (Lipinski definition) is 5. The molecule has 0 unspecified atom stereocenters. The first-order valence-electron chi connectivity index (χ1n) is 15.4. The maximum atomic E-state index is 13.0. The van der Waals surface area contributed by atoms with E-state index in [0.717, 1.165) is 51.4 Å². The summed E-state index contributed by atoms with van der Waals surface area (Å²) in [5, 5.41) is 9.77. The quantitative estimate of drug-likeness (QED) is 0.0814. The van der Waals surface area contributed by atoms with Crippen LogP contribution in [0.4, 0.5) is 0 Å². The fourth-order valence-electron chi connectivity index (χ4n) is 4.28. The average Bonchev–Trinajstić information content (AvgIpc) is 2.98. The number of aromatic hydroxyl groups is 1. The molecule has 0 saturated heterocycles. The van der Waals surface area contributed by atoms with Crippen molar-refractivity contribution >= 4 is 11.8 Å². The molecule has 0 aliphatic carbocycles. The minimum Gasteiger partial charge on any atom is -0.507 e. The van der Waals surface area contributed by atoms with Crippen LogP contribution in [-0.4, -0.2) is 35.7 Å². The van der Waals surface area contributed by atoms with Gasteiger partial charge >= 0.3 is 5.97 Å². The number of phenols is 1. The second-order valence-electron chi connectivity index (χ2n) is 9.93. The lowest BCUT2D eigenvalue weighted by molar-refractivity contribution is -0.146. The zero-order chi connectivity index (χ0) is 30.0. The molecule has 0 aliphatic rings. The lowest BCUT2D eigenvalue weighted by Gasteiger charge is -2.30. The number of rotatable bonds is 23. The molecule has 1 aromatic rings. The first-order chi connectivity index (χ1) is 20.0. The molecule has 0 atom stereocenters. The summed E-state index contributed by atoms with van der Waals surface area (Å²) in [6, 6.07) is 6.26. The predicted octanol–water partition coefficient (Wildman–Crippen LogP) is 9.40. The molecule has 0 saturated carbocycles. The van der Waals surface area contributed by atoms with Crippen LogP contribution < -0.4 is 0 Å². The van der Waals surface area contributed by atoms with Gasteiger partial charge in [-0.1, -0.05) is 93.7 Å². The van der Waals surface area contributed by atoms with Gasteiger partial charge in [-0.05, 0) is 82.8 Å². The molecule has 41 heavy (non-hydrogen) atoms. The maximum Gasteiger partial charge on any atom is 0.341 e. The molecule has 0 heterocycles. The van der Waals surface area contributed by atoms with Gasteiger partial charge in [0.15, 0.2) is 5.78 Å². The van der Waals surface area contributed by atoms with Crippen molar-refractivity contribution in [2.24, 2.45) is 0 Å². The van der Waals surface area contributed by atoms with Gasteiger partial charge in [0.2, 0.25) is 0 Å². The number of hydrogen-bond donors (Lipinski definition) is 1. The number of benzene rings is 1. The summed E-state index contributed by atoms with van der Waals surface area (Å²) in [6.07, 6.45) is 31.9. The van der Waals surface area contributed by atoms with Gasteiger partial charge in [-0.15, -0.1) is 0 Å². The minimum atomic E-state index is -0.779. The Morgan fingerprint density at radius 2 is 1.29 bits per heavy atom. The fourth-order valence-corrected chi connectivity index (χ4v) is 4.28. The van der Waals surface area contributed by atoms with Crippen molar-refractivity contribution in [2.45, 2.75) is 103 Å². The number of phenolic OH excluding ortho intramolecular Hbond substituents is 1. The Morgan fingerprint density at radius 3 is 1.85 bits per heavy atom. The van der Waals surface area contributed by atoms with E-state index < -0.39 is 11.6 Å². The summed E-state index contributed by atoms with van der Waals surface area (Å²) in [5.41, 5.74) is -0.651. The number of carbonyl (C=O) groups excluding carboxylic acids is 2. The number of esters is 1. The summed E-state index contributed by atoms with van der Waals surface area (Å²) >= 11 is 0. The molecule has 226 valence electrons. The third kappa shape index (κ3) is 16.0. The van der Waals surface area contributed by atoms with E-state index >= 15 is 0 Å². The molecular weight excluding hydrogens is 512 g/mol. The van der Waals surface area contributed by atoms with E-state index in [1.54, 1.807) is 12.1 Å². The highest BCUT2D eigenvalue weighted by Gasteiger charge is 2.34. The zero-order valence-electron chi connectivity index (χ0n) is 25.6. The van der Waals surface area contributed by atoms with Gasteiger partial charge in [0.05, 0.1) is 6.61 Å². The second-order valence-corrected chi connectivity index (χ2v) is 9.93. The molecule has 0 aromatic heterocycles. The third-order valence-electron chi connectivity index (χ3n) is 6.86. The van der Waals surface area contributed by atoms with Gasteiger partial charge in [-0.3, -0.25) is 4.79 Å². The second kappa shape index (κ2) is 23.5. The Balaban J connectivity index is 2.19. The fraction of sp³-hybridized carbons (Fsp3) is 0.500. The normalized spacial score (nSPS) is 12.6. The Morgan fingerprint density at radius 1 is 0.732 bits per heavy atom. The van der Waals surface area contributed by atoms with Gasteiger partial charge in [0, 0.05) is 13.0 Å². The lowest BCUT2D eigenvalue weighted by Crippen LogP contribution is -2.41. The van der Waals surface area contributed by atoms with E-state index in [1.165, 1.54) is 12.1 Å². The highest BCUT2D eigenvalue weighted by atomic mass is 16.5. The van der Waals surface area contributed by atoms with E-state index in [9.17, 15) is 14.7 Å². The van der Waals surface area contributed by atoms with Crippen LogP contribution in [0, 0.1) is 0 Å². The van der Waals surface area contributed by atoms with Crippen LogP contribution in [0.1, 0.15) is 108 Å². The molecule has 1 aromatic carbocycles. The summed E-state index contributed by atoms with van der Waals surface area (Å²) < 4.78 is 11.4. The van der Waals surface area contributed by atoms with Crippen molar-refractivity contribution < 1.29 is 24.2 Å². The van der Waals surface area contributed by atoms with E-state index in [-0.39, 0.29) is 30.1 Å². The summed E-state index contributed by atoms with van der Waals surface area (Å²) in [7, 11) is 0. The Hall–Kier alpha value is -3.18. The summed E-state index contributed by atoms with van der Waals surface area (Å²) in [4.78, 5) is 25.1. The van der Waals surface area contributed by atoms with Gasteiger partial charge in [0.1, 0.15) is 16.9 Å². The number of unbranched alkanes of at least 4 members (excludes halogenated alkanes) is 2. The number of Topliss-reactive ketones (excluding diaryl/α,β-unsaturated/α-hetero) is 1. The van der Waals surface area contributed by atoms with Gasteiger partial charge in [-0.2, -0.15) is 0 Å². The number of carbonyl (C=O) groups is 2. The molecule has 5 heteroatoms. The van der Waals surface area contributed by atoms with Crippen molar-refractivity contribution in [3.8, 4) is 5.75 Å². The SMILES string of the molecule is CC/C=C\C/C=C\C/C=C\C/C=C\C/C=C\CCCCOC(CC)(CC)C(=O)CCCOC(=O)c1ccccc1O. The van der Waals surface area contributed by atoms with Crippen LogP contribution in [0.3, 0.4) is 0 Å². The number of allylic oxidation sites excluding steroid dienone is 10. The molecule has 0 fully saturated rings. The number of ether oxygens (including phenoxy) is 2. The molecule has 0 radical (unpaired) electrons. The zero-order valence-corrected chi connectivity index (χ0v) is 25.6. The first kappa shape index (κ1) is 35.8. The van der Waals surface area contributed by atoms with Crippen molar-refractivity contribution in [3.63, 3.8) is 0 Å². The molecular formula is C36H52O5. The molecule has 1 N–H and O–H groups in total. The van der Waals surface area contributed by atoms with Gasteiger partial charge < -0.3 is 14.6 Å². The summed E-state index contributed by atoms with van der Waals surface area (Å²) in [5.74, 6) is -0.644. The number of para-hydroxylation sites is 1. The largest absolute Gasteiger partial charge is 0.507 e. The van der Waals surface area contributed by atoms with Crippen molar-refractivity contribution in [3.05, 3.63) is 90.6 Å².